The molecule has 0 amide bonds. The van der Waals surface area contributed by atoms with Crippen LogP contribution < -0.4 is 5.56 Å². The van der Waals surface area contributed by atoms with Crippen molar-refractivity contribution in [3.05, 3.63) is 38.2 Å². The van der Waals surface area contributed by atoms with Crippen LogP contribution in [0.15, 0.2) is 21.8 Å². The summed E-state index contributed by atoms with van der Waals surface area (Å²) in [7, 11) is 0. The van der Waals surface area contributed by atoms with Gasteiger partial charge in [0.05, 0.1) is 16.4 Å². The first-order valence-electron chi connectivity index (χ1n) is 5.10. The SMILES string of the molecule is CC(C)c1nc(Cn2cncc(I)c2=O)no1. The number of nitrogens with zero attached hydrogens (tertiary/aromatic N) is 4. The Morgan fingerprint density at radius 2 is 2.29 bits per heavy atom. The normalized spacial score (nSPS) is 11.1. The Balaban J connectivity index is 2.26. The van der Waals surface area contributed by atoms with Crippen LogP contribution >= 0.6 is 22.6 Å². The highest BCUT2D eigenvalue weighted by Gasteiger charge is 2.11. The highest BCUT2D eigenvalue weighted by molar-refractivity contribution is 14.1. The summed E-state index contributed by atoms with van der Waals surface area (Å²) in [6, 6.07) is 0. The quantitative estimate of drug-likeness (QED) is 0.786. The average Bonchev–Trinajstić information content (AvgIpc) is 2.73. The zero-order chi connectivity index (χ0) is 12.4. The van der Waals surface area contributed by atoms with Crippen molar-refractivity contribution in [2.75, 3.05) is 0 Å². The van der Waals surface area contributed by atoms with Crippen LogP contribution in [0.3, 0.4) is 0 Å². The molecular weight excluding hydrogens is 335 g/mol. The molecule has 0 saturated carbocycles. The molecule has 0 saturated heterocycles. The van der Waals surface area contributed by atoms with Crippen molar-refractivity contribution in [1.29, 1.82) is 0 Å². The van der Waals surface area contributed by atoms with Gasteiger partial charge in [0.1, 0.15) is 0 Å². The number of hydrogen-bond acceptors (Lipinski definition) is 5. The average molecular weight is 346 g/mol. The van der Waals surface area contributed by atoms with Gasteiger partial charge < -0.3 is 4.52 Å². The van der Waals surface area contributed by atoms with Gasteiger partial charge in [-0.25, -0.2) is 4.98 Å². The summed E-state index contributed by atoms with van der Waals surface area (Å²) < 4.78 is 7.09. The zero-order valence-corrected chi connectivity index (χ0v) is 11.6. The molecule has 2 aromatic rings. The van der Waals surface area contributed by atoms with E-state index in [0.29, 0.717) is 15.3 Å². The van der Waals surface area contributed by atoms with Crippen LogP contribution in [0.4, 0.5) is 0 Å². The largest absolute Gasteiger partial charge is 0.339 e. The van der Waals surface area contributed by atoms with Crippen LogP contribution in [0.5, 0.6) is 0 Å². The molecular formula is C10H11IN4O2. The predicted molar refractivity (Wildman–Crippen MR) is 68.7 cm³/mol. The Hall–Kier alpha value is -1.25. The first kappa shape index (κ1) is 12.2. The van der Waals surface area contributed by atoms with Crippen molar-refractivity contribution in [2.45, 2.75) is 26.3 Å². The molecule has 0 spiro atoms. The van der Waals surface area contributed by atoms with Crippen molar-refractivity contribution in [2.24, 2.45) is 0 Å². The van der Waals surface area contributed by atoms with Crippen LogP contribution in [0.1, 0.15) is 31.5 Å². The Bertz CT molecular complexity index is 576. The summed E-state index contributed by atoms with van der Waals surface area (Å²) in [5, 5.41) is 3.83. The lowest BCUT2D eigenvalue weighted by atomic mass is 10.2. The molecule has 0 aliphatic carbocycles. The highest BCUT2D eigenvalue weighted by Crippen LogP contribution is 2.10. The predicted octanol–water partition coefficient (Wildman–Crippen LogP) is 1.40. The van der Waals surface area contributed by atoms with Gasteiger partial charge in [-0.3, -0.25) is 9.36 Å². The maximum atomic E-state index is 11.7. The molecule has 0 fully saturated rings. The van der Waals surface area contributed by atoms with E-state index in [0.717, 1.165) is 0 Å². The number of aromatic nitrogens is 4. The van der Waals surface area contributed by atoms with Gasteiger partial charge in [0.15, 0.2) is 5.82 Å². The minimum absolute atomic E-state index is 0.100. The van der Waals surface area contributed by atoms with Gasteiger partial charge in [-0.05, 0) is 22.6 Å². The molecule has 2 heterocycles. The van der Waals surface area contributed by atoms with Crippen LogP contribution in [-0.2, 0) is 6.54 Å². The smallest absolute Gasteiger partial charge is 0.267 e. The van der Waals surface area contributed by atoms with Crippen LogP contribution in [-0.4, -0.2) is 19.7 Å². The summed E-state index contributed by atoms with van der Waals surface area (Å²) in [5.41, 5.74) is -0.100. The molecule has 2 rings (SSSR count). The Morgan fingerprint density at radius 1 is 1.53 bits per heavy atom. The molecule has 90 valence electrons. The minimum Gasteiger partial charge on any atom is -0.339 e. The second-order valence-electron chi connectivity index (χ2n) is 3.88. The van der Waals surface area contributed by atoms with Crippen molar-refractivity contribution >= 4 is 22.6 Å². The van der Waals surface area contributed by atoms with Gasteiger partial charge >= 0.3 is 0 Å². The van der Waals surface area contributed by atoms with Crippen LogP contribution in [0.2, 0.25) is 0 Å². The van der Waals surface area contributed by atoms with E-state index in [1.807, 2.05) is 36.4 Å². The lowest BCUT2D eigenvalue weighted by Crippen LogP contribution is -2.23. The monoisotopic (exact) mass is 346 g/mol. The van der Waals surface area contributed by atoms with Gasteiger partial charge in [0.25, 0.3) is 5.56 Å². The third-order valence-corrected chi connectivity index (χ3v) is 2.89. The maximum absolute atomic E-state index is 11.7. The van der Waals surface area contributed by atoms with Gasteiger partial charge in [-0.2, -0.15) is 4.98 Å². The molecule has 0 aromatic carbocycles. The third kappa shape index (κ3) is 2.71. The summed E-state index contributed by atoms with van der Waals surface area (Å²) in [6.45, 7) is 4.21. The molecule has 0 atom stereocenters. The lowest BCUT2D eigenvalue weighted by Gasteiger charge is -2.00. The minimum atomic E-state index is -0.100. The van der Waals surface area contributed by atoms with E-state index >= 15 is 0 Å². The molecule has 0 bridgehead atoms. The molecule has 2 aromatic heterocycles. The van der Waals surface area contributed by atoms with Gasteiger partial charge in [-0.1, -0.05) is 19.0 Å². The second kappa shape index (κ2) is 4.94. The van der Waals surface area contributed by atoms with Crippen molar-refractivity contribution in [3.8, 4) is 0 Å². The number of halogens is 1. The Labute approximate surface area is 111 Å². The zero-order valence-electron chi connectivity index (χ0n) is 9.42. The molecule has 0 aliphatic rings. The van der Waals surface area contributed by atoms with E-state index in [1.54, 1.807) is 0 Å². The Morgan fingerprint density at radius 3 is 2.94 bits per heavy atom. The van der Waals surface area contributed by atoms with Crippen LogP contribution in [0, 0.1) is 3.57 Å². The highest BCUT2D eigenvalue weighted by atomic mass is 127. The topological polar surface area (TPSA) is 73.8 Å². The maximum Gasteiger partial charge on any atom is 0.267 e. The molecule has 0 N–H and O–H groups in total. The van der Waals surface area contributed by atoms with E-state index < -0.39 is 0 Å². The number of hydrogen-bond donors (Lipinski definition) is 0. The van der Waals surface area contributed by atoms with Gasteiger partial charge in [0, 0.05) is 12.1 Å². The fourth-order valence-corrected chi connectivity index (χ4v) is 1.73. The molecule has 7 heteroatoms. The third-order valence-electron chi connectivity index (χ3n) is 2.15. The fraction of sp³-hybridized carbons (Fsp3) is 0.400. The van der Waals surface area contributed by atoms with E-state index in [4.69, 9.17) is 4.52 Å². The van der Waals surface area contributed by atoms with E-state index in [2.05, 4.69) is 15.1 Å². The van der Waals surface area contributed by atoms with Gasteiger partial charge in [0.2, 0.25) is 5.89 Å². The number of rotatable bonds is 3. The van der Waals surface area contributed by atoms with Gasteiger partial charge in [-0.15, -0.1) is 0 Å². The molecule has 0 aliphatic heterocycles. The summed E-state index contributed by atoms with van der Waals surface area (Å²) >= 11 is 1.95. The first-order chi connectivity index (χ1) is 8.08. The Kier molecular flexibility index (Phi) is 3.55. The van der Waals surface area contributed by atoms with E-state index in [1.165, 1.54) is 17.1 Å². The standard InChI is InChI=1S/C10H11IN4O2/c1-6(2)9-13-8(14-17-9)4-15-5-12-3-7(11)10(15)16/h3,5-6H,4H2,1-2H3. The van der Waals surface area contributed by atoms with Crippen molar-refractivity contribution in [1.82, 2.24) is 19.7 Å². The molecule has 17 heavy (non-hydrogen) atoms. The summed E-state index contributed by atoms with van der Waals surface area (Å²) in [5.74, 6) is 1.24. The van der Waals surface area contributed by atoms with Crippen molar-refractivity contribution < 1.29 is 4.52 Å². The first-order valence-corrected chi connectivity index (χ1v) is 6.18. The van der Waals surface area contributed by atoms with E-state index in [9.17, 15) is 4.79 Å². The molecule has 0 radical (unpaired) electrons. The lowest BCUT2D eigenvalue weighted by molar-refractivity contribution is 0.359. The summed E-state index contributed by atoms with van der Waals surface area (Å²) in [4.78, 5) is 19.9. The molecule has 0 unspecified atom stereocenters. The molecule has 6 nitrogen and oxygen atoms in total. The van der Waals surface area contributed by atoms with Crippen molar-refractivity contribution in [3.63, 3.8) is 0 Å². The van der Waals surface area contributed by atoms with E-state index in [-0.39, 0.29) is 18.0 Å². The summed E-state index contributed by atoms with van der Waals surface area (Å²) in [6.07, 6.45) is 2.99. The van der Waals surface area contributed by atoms with Crippen LogP contribution in [0.25, 0.3) is 0 Å². The fourth-order valence-electron chi connectivity index (χ4n) is 1.26. The second-order valence-corrected chi connectivity index (χ2v) is 5.04.